The Bertz CT molecular complexity index is 586. The first kappa shape index (κ1) is 11.9. The highest BCUT2D eigenvalue weighted by atomic mass is 16.4. The van der Waals surface area contributed by atoms with Gasteiger partial charge in [-0.25, -0.2) is 9.78 Å². The molecule has 1 aliphatic heterocycles. The number of nitrogens with zero attached hydrogens (tertiary/aromatic N) is 1. The summed E-state index contributed by atoms with van der Waals surface area (Å²) in [5.74, 6) is -0.765. The molecule has 2 N–H and O–H groups in total. The van der Waals surface area contributed by atoms with Gasteiger partial charge in [0.25, 0.3) is 0 Å². The van der Waals surface area contributed by atoms with E-state index in [0.717, 1.165) is 24.9 Å². The van der Waals surface area contributed by atoms with Crippen LogP contribution in [0.3, 0.4) is 0 Å². The molecule has 3 rings (SSSR count). The van der Waals surface area contributed by atoms with Gasteiger partial charge in [-0.15, -0.1) is 0 Å². The van der Waals surface area contributed by atoms with Crippen molar-refractivity contribution >= 4 is 5.97 Å². The van der Waals surface area contributed by atoms with Gasteiger partial charge >= 0.3 is 5.97 Å². The highest BCUT2D eigenvalue weighted by Crippen LogP contribution is 2.29. The van der Waals surface area contributed by atoms with E-state index in [1.54, 1.807) is 0 Å². The van der Waals surface area contributed by atoms with Gasteiger partial charge in [-0.1, -0.05) is 18.2 Å². The van der Waals surface area contributed by atoms with Crippen LogP contribution >= 0.6 is 0 Å². The van der Waals surface area contributed by atoms with Crippen LogP contribution in [0.5, 0.6) is 0 Å². The second kappa shape index (κ2) is 4.85. The summed E-state index contributed by atoms with van der Waals surface area (Å²) in [6.07, 6.45) is 1.91. The SMILES string of the molecule is O=C(O)c1oc(-c2ccccc2)nc1C1CCCN1. The Morgan fingerprint density at radius 3 is 2.79 bits per heavy atom. The molecule has 0 radical (unpaired) electrons. The molecular formula is C14H14N2O3. The van der Waals surface area contributed by atoms with E-state index in [1.165, 1.54) is 0 Å². The van der Waals surface area contributed by atoms with Crippen LogP contribution in [-0.2, 0) is 0 Å². The van der Waals surface area contributed by atoms with Crippen LogP contribution in [0.25, 0.3) is 11.5 Å². The lowest BCUT2D eigenvalue weighted by Gasteiger charge is -2.05. The number of benzene rings is 1. The summed E-state index contributed by atoms with van der Waals surface area (Å²) in [5, 5.41) is 12.5. The first-order chi connectivity index (χ1) is 9.25. The molecule has 1 aromatic carbocycles. The molecule has 2 heterocycles. The van der Waals surface area contributed by atoms with Crippen molar-refractivity contribution in [2.24, 2.45) is 0 Å². The van der Waals surface area contributed by atoms with Gasteiger partial charge in [0, 0.05) is 5.56 Å². The van der Waals surface area contributed by atoms with Crippen molar-refractivity contribution in [1.82, 2.24) is 10.3 Å². The minimum atomic E-state index is -1.07. The molecule has 1 aliphatic rings. The number of rotatable bonds is 3. The molecule has 19 heavy (non-hydrogen) atoms. The van der Waals surface area contributed by atoms with Gasteiger partial charge in [0.1, 0.15) is 5.69 Å². The molecule has 1 unspecified atom stereocenters. The molecular weight excluding hydrogens is 244 g/mol. The van der Waals surface area contributed by atoms with Crippen LogP contribution in [0, 0.1) is 0 Å². The first-order valence-corrected chi connectivity index (χ1v) is 6.28. The highest BCUT2D eigenvalue weighted by Gasteiger charge is 2.28. The fourth-order valence-corrected chi connectivity index (χ4v) is 2.34. The Kier molecular flexibility index (Phi) is 3.05. The lowest BCUT2D eigenvalue weighted by atomic mass is 10.1. The van der Waals surface area contributed by atoms with Crippen LogP contribution in [0.2, 0.25) is 0 Å². The maximum atomic E-state index is 11.3. The number of oxazole rings is 1. The zero-order valence-electron chi connectivity index (χ0n) is 10.3. The zero-order valence-corrected chi connectivity index (χ0v) is 10.3. The smallest absolute Gasteiger partial charge is 0.373 e. The van der Waals surface area contributed by atoms with Gasteiger partial charge in [0.15, 0.2) is 0 Å². The molecule has 0 spiro atoms. The third-order valence-corrected chi connectivity index (χ3v) is 3.26. The molecule has 1 atom stereocenters. The largest absolute Gasteiger partial charge is 0.475 e. The van der Waals surface area contributed by atoms with Crippen molar-refractivity contribution in [3.05, 3.63) is 41.8 Å². The summed E-state index contributed by atoms with van der Waals surface area (Å²) < 4.78 is 5.42. The topological polar surface area (TPSA) is 75.4 Å². The van der Waals surface area contributed by atoms with Crippen molar-refractivity contribution in [2.45, 2.75) is 18.9 Å². The molecule has 98 valence electrons. The first-order valence-electron chi connectivity index (χ1n) is 6.28. The third kappa shape index (κ3) is 2.24. The van der Waals surface area contributed by atoms with Crippen LogP contribution < -0.4 is 5.32 Å². The van der Waals surface area contributed by atoms with Gasteiger partial charge in [-0.3, -0.25) is 0 Å². The van der Waals surface area contributed by atoms with E-state index in [9.17, 15) is 9.90 Å². The molecule has 0 saturated carbocycles. The molecule has 2 aromatic rings. The molecule has 0 bridgehead atoms. The van der Waals surface area contributed by atoms with Gasteiger partial charge in [0.2, 0.25) is 11.7 Å². The second-order valence-corrected chi connectivity index (χ2v) is 4.55. The monoisotopic (exact) mass is 258 g/mol. The minimum absolute atomic E-state index is 0.0210. The van der Waals surface area contributed by atoms with Crippen molar-refractivity contribution < 1.29 is 14.3 Å². The summed E-state index contributed by atoms with van der Waals surface area (Å²) in [6, 6.07) is 9.31. The quantitative estimate of drug-likeness (QED) is 0.884. The predicted molar refractivity (Wildman–Crippen MR) is 68.9 cm³/mol. The molecule has 0 amide bonds. The average Bonchev–Trinajstić information content (AvgIpc) is 3.08. The Balaban J connectivity index is 2.04. The molecule has 1 fully saturated rings. The standard InChI is InChI=1S/C14H14N2O3/c17-14(18)12-11(10-7-4-8-15-10)16-13(19-12)9-5-2-1-3-6-9/h1-3,5-6,10,15H,4,7-8H2,(H,17,18). The van der Waals surface area contributed by atoms with E-state index in [4.69, 9.17) is 4.42 Å². The zero-order chi connectivity index (χ0) is 13.2. The van der Waals surface area contributed by atoms with Gasteiger partial charge in [-0.2, -0.15) is 0 Å². The second-order valence-electron chi connectivity index (χ2n) is 4.55. The third-order valence-electron chi connectivity index (χ3n) is 3.26. The molecule has 5 heteroatoms. The number of hydrogen-bond donors (Lipinski definition) is 2. The van der Waals surface area contributed by atoms with Crippen molar-refractivity contribution in [3.63, 3.8) is 0 Å². The predicted octanol–water partition coefficient (Wildman–Crippen LogP) is 2.46. The number of aromatic nitrogens is 1. The number of hydrogen-bond acceptors (Lipinski definition) is 4. The number of nitrogens with one attached hydrogen (secondary N) is 1. The summed E-state index contributed by atoms with van der Waals surface area (Å²) in [4.78, 5) is 15.6. The minimum Gasteiger partial charge on any atom is -0.475 e. The van der Waals surface area contributed by atoms with Crippen molar-refractivity contribution in [1.29, 1.82) is 0 Å². The van der Waals surface area contributed by atoms with Crippen molar-refractivity contribution in [3.8, 4) is 11.5 Å². The van der Waals surface area contributed by atoms with Crippen LogP contribution in [0.4, 0.5) is 0 Å². The number of carboxylic acid groups (broad SMARTS) is 1. The summed E-state index contributed by atoms with van der Waals surface area (Å²) >= 11 is 0. The lowest BCUT2D eigenvalue weighted by Crippen LogP contribution is -2.16. The van der Waals surface area contributed by atoms with E-state index in [-0.39, 0.29) is 11.8 Å². The van der Waals surface area contributed by atoms with Crippen molar-refractivity contribution in [2.75, 3.05) is 6.54 Å². The Labute approximate surface area is 110 Å². The molecule has 0 aliphatic carbocycles. The van der Waals surface area contributed by atoms with E-state index < -0.39 is 5.97 Å². The average molecular weight is 258 g/mol. The van der Waals surface area contributed by atoms with Crippen LogP contribution in [-0.4, -0.2) is 22.6 Å². The van der Waals surface area contributed by atoms with E-state index in [2.05, 4.69) is 10.3 Å². The highest BCUT2D eigenvalue weighted by molar-refractivity contribution is 5.86. The number of carbonyl (C=O) groups is 1. The van der Waals surface area contributed by atoms with E-state index >= 15 is 0 Å². The van der Waals surface area contributed by atoms with E-state index in [0.29, 0.717) is 11.6 Å². The fourth-order valence-electron chi connectivity index (χ4n) is 2.34. The maximum Gasteiger partial charge on any atom is 0.373 e. The molecule has 1 aromatic heterocycles. The van der Waals surface area contributed by atoms with Gasteiger partial charge in [0.05, 0.1) is 6.04 Å². The van der Waals surface area contributed by atoms with Gasteiger partial charge in [-0.05, 0) is 31.5 Å². The lowest BCUT2D eigenvalue weighted by molar-refractivity contribution is 0.0660. The van der Waals surface area contributed by atoms with Crippen LogP contribution in [0.1, 0.15) is 35.1 Å². The summed E-state index contributed by atoms with van der Waals surface area (Å²) in [5.41, 5.74) is 1.29. The summed E-state index contributed by atoms with van der Waals surface area (Å²) in [6.45, 7) is 0.886. The fraction of sp³-hybridized carbons (Fsp3) is 0.286. The normalized spacial score (nSPS) is 18.6. The molecule has 1 saturated heterocycles. The van der Waals surface area contributed by atoms with Gasteiger partial charge < -0.3 is 14.8 Å². The van der Waals surface area contributed by atoms with E-state index in [1.807, 2.05) is 30.3 Å². The number of aromatic carboxylic acids is 1. The van der Waals surface area contributed by atoms with Crippen LogP contribution in [0.15, 0.2) is 34.7 Å². The Morgan fingerprint density at radius 1 is 1.37 bits per heavy atom. The maximum absolute atomic E-state index is 11.3. The summed E-state index contributed by atoms with van der Waals surface area (Å²) in [7, 11) is 0. The Morgan fingerprint density at radius 2 is 2.16 bits per heavy atom. The molecule has 5 nitrogen and oxygen atoms in total. The number of carboxylic acids is 1. The Hall–Kier alpha value is -2.14.